The van der Waals surface area contributed by atoms with E-state index in [0.29, 0.717) is 0 Å². The summed E-state index contributed by atoms with van der Waals surface area (Å²) in [6.45, 7) is 4.20. The van der Waals surface area contributed by atoms with Crippen LogP contribution in [0.25, 0.3) is 24.3 Å². The summed E-state index contributed by atoms with van der Waals surface area (Å²) in [5.74, 6) is 0. The van der Waals surface area contributed by atoms with Crippen molar-refractivity contribution < 1.29 is 0 Å². The molecule has 1 heterocycles. The molecule has 4 rings (SSSR count). The van der Waals surface area contributed by atoms with E-state index in [-0.39, 0.29) is 0 Å². The molecule has 0 saturated carbocycles. The first kappa shape index (κ1) is 11.2. The Hall–Kier alpha value is -1.65. The zero-order chi connectivity index (χ0) is 12.8. The molecule has 92 valence electrons. The third-order valence-electron chi connectivity index (χ3n) is 4.06. The highest BCUT2D eigenvalue weighted by molar-refractivity contribution is 7.38. The zero-order valence-corrected chi connectivity index (χ0v) is 11.7. The van der Waals surface area contributed by atoms with Gasteiger partial charge in [0.15, 0.2) is 0 Å². The number of benzene rings is 2. The fourth-order valence-electron chi connectivity index (χ4n) is 3.04. The van der Waals surface area contributed by atoms with Gasteiger partial charge >= 0.3 is 0 Å². The molecule has 1 aliphatic carbocycles. The summed E-state index contributed by atoms with van der Waals surface area (Å²) >= 11 is 0. The highest BCUT2D eigenvalue weighted by atomic mass is 31.1. The summed E-state index contributed by atoms with van der Waals surface area (Å²) in [5, 5.41) is 2.49. The standard InChI is InChI=1S/C18H15P/c1-12-4-2-3-5-15(12)17-11-19-10-14-7-6-13-8-9-16(13)18(14)17/h2-9,19H,1,10-11H2/b17-15+. The minimum absolute atomic E-state index is 0.999. The van der Waals surface area contributed by atoms with Crippen molar-refractivity contribution in [3.05, 3.63) is 69.1 Å². The van der Waals surface area contributed by atoms with Crippen LogP contribution >= 0.6 is 8.58 Å². The van der Waals surface area contributed by atoms with Crippen molar-refractivity contribution in [1.82, 2.24) is 0 Å². The van der Waals surface area contributed by atoms with E-state index in [9.17, 15) is 0 Å². The molecule has 19 heavy (non-hydrogen) atoms. The van der Waals surface area contributed by atoms with Gasteiger partial charge in [-0.3, -0.25) is 0 Å². The first-order valence-electron chi connectivity index (χ1n) is 6.67. The molecule has 0 bridgehead atoms. The van der Waals surface area contributed by atoms with E-state index in [1.165, 1.54) is 45.4 Å². The van der Waals surface area contributed by atoms with Gasteiger partial charge in [-0.05, 0) is 50.6 Å². The summed E-state index contributed by atoms with van der Waals surface area (Å²) in [6, 6.07) is 13.1. The lowest BCUT2D eigenvalue weighted by atomic mass is 9.85. The molecule has 2 aromatic rings. The van der Waals surface area contributed by atoms with Crippen molar-refractivity contribution in [3.8, 4) is 0 Å². The summed E-state index contributed by atoms with van der Waals surface area (Å²) < 4.78 is 0. The van der Waals surface area contributed by atoms with Gasteiger partial charge in [-0.25, -0.2) is 0 Å². The lowest BCUT2D eigenvalue weighted by Crippen LogP contribution is -2.28. The first-order valence-corrected chi connectivity index (χ1v) is 8.08. The van der Waals surface area contributed by atoms with Crippen LogP contribution in [0.5, 0.6) is 0 Å². The van der Waals surface area contributed by atoms with E-state index in [1.807, 2.05) is 0 Å². The second kappa shape index (κ2) is 4.18. The maximum atomic E-state index is 4.20. The normalized spacial score (nSPS) is 19.8. The van der Waals surface area contributed by atoms with Crippen LogP contribution in [0, 0.1) is 0 Å². The summed E-state index contributed by atoms with van der Waals surface area (Å²) in [5.41, 5.74) is 7.36. The average Bonchev–Trinajstić information content (AvgIpc) is 2.39. The SMILES string of the molecule is C=c1cccc/c1=C1/CPCc2ccc3c(c21)C=C3. The van der Waals surface area contributed by atoms with E-state index in [1.54, 1.807) is 0 Å². The molecule has 2 aliphatic rings. The third-order valence-corrected chi connectivity index (χ3v) is 5.29. The molecule has 1 atom stereocenters. The molecule has 0 aromatic heterocycles. The van der Waals surface area contributed by atoms with Crippen molar-refractivity contribution in [3.63, 3.8) is 0 Å². The largest absolute Gasteiger partial charge is 0.113 e. The fourth-order valence-corrected chi connectivity index (χ4v) is 4.35. The van der Waals surface area contributed by atoms with Gasteiger partial charge in [-0.2, -0.15) is 0 Å². The van der Waals surface area contributed by atoms with Crippen molar-refractivity contribution in [1.29, 1.82) is 0 Å². The number of fused-ring (bicyclic) bond motifs is 3. The molecule has 0 amide bonds. The van der Waals surface area contributed by atoms with Crippen molar-refractivity contribution in [2.24, 2.45) is 0 Å². The Bertz CT molecular complexity index is 812. The van der Waals surface area contributed by atoms with Gasteiger partial charge in [0, 0.05) is 0 Å². The minimum Gasteiger partial charge on any atom is -0.113 e. The van der Waals surface area contributed by atoms with E-state index < -0.39 is 0 Å². The van der Waals surface area contributed by atoms with Crippen LogP contribution in [-0.4, -0.2) is 6.16 Å². The number of hydrogen-bond acceptors (Lipinski definition) is 0. The molecule has 0 fully saturated rings. The maximum absolute atomic E-state index is 4.20. The average molecular weight is 262 g/mol. The van der Waals surface area contributed by atoms with Gasteiger partial charge in [0.05, 0.1) is 0 Å². The molecule has 0 saturated heterocycles. The predicted octanol–water partition coefficient (Wildman–Crippen LogP) is 2.97. The smallest absolute Gasteiger partial charge is 0.00852 e. The maximum Gasteiger partial charge on any atom is -0.00852 e. The molecule has 1 heteroatoms. The summed E-state index contributed by atoms with van der Waals surface area (Å²) in [4.78, 5) is 0. The van der Waals surface area contributed by atoms with Crippen LogP contribution in [0.4, 0.5) is 0 Å². The van der Waals surface area contributed by atoms with Gasteiger partial charge < -0.3 is 0 Å². The predicted molar refractivity (Wildman–Crippen MR) is 86.0 cm³/mol. The van der Waals surface area contributed by atoms with E-state index in [2.05, 4.69) is 55.1 Å². The summed E-state index contributed by atoms with van der Waals surface area (Å²) in [6.07, 6.45) is 6.90. The van der Waals surface area contributed by atoms with Gasteiger partial charge in [0.2, 0.25) is 0 Å². The Balaban J connectivity index is 2.12. The highest BCUT2D eigenvalue weighted by Gasteiger charge is 2.21. The Labute approximate surface area is 115 Å². The number of rotatable bonds is 0. The van der Waals surface area contributed by atoms with E-state index in [4.69, 9.17) is 0 Å². The Morgan fingerprint density at radius 3 is 2.63 bits per heavy atom. The Morgan fingerprint density at radius 1 is 0.947 bits per heavy atom. The van der Waals surface area contributed by atoms with Crippen molar-refractivity contribution in [2.75, 3.05) is 6.16 Å². The topological polar surface area (TPSA) is 0 Å². The van der Waals surface area contributed by atoms with E-state index >= 15 is 0 Å². The molecule has 0 radical (unpaired) electrons. The van der Waals surface area contributed by atoms with Crippen LogP contribution in [0.15, 0.2) is 36.4 Å². The summed E-state index contributed by atoms with van der Waals surface area (Å²) in [7, 11) is 0.999. The second-order valence-corrected chi connectivity index (χ2v) is 6.38. The molecule has 0 spiro atoms. The van der Waals surface area contributed by atoms with Gasteiger partial charge in [-0.15, -0.1) is 8.58 Å². The van der Waals surface area contributed by atoms with Crippen LogP contribution < -0.4 is 10.4 Å². The van der Waals surface area contributed by atoms with Crippen molar-refractivity contribution >= 4 is 32.9 Å². The lowest BCUT2D eigenvalue weighted by molar-refractivity contribution is 1.29. The van der Waals surface area contributed by atoms with E-state index in [0.717, 1.165) is 13.8 Å². The second-order valence-electron chi connectivity index (χ2n) is 5.18. The quantitative estimate of drug-likeness (QED) is 0.546. The Morgan fingerprint density at radius 2 is 1.84 bits per heavy atom. The van der Waals surface area contributed by atoms with Crippen LogP contribution in [0.3, 0.4) is 0 Å². The molecule has 0 nitrogen and oxygen atoms in total. The molecule has 2 aromatic carbocycles. The van der Waals surface area contributed by atoms with Crippen LogP contribution in [-0.2, 0) is 6.16 Å². The van der Waals surface area contributed by atoms with Gasteiger partial charge in [0.1, 0.15) is 0 Å². The first-order chi connectivity index (χ1) is 9.34. The van der Waals surface area contributed by atoms with Crippen molar-refractivity contribution in [2.45, 2.75) is 6.16 Å². The minimum atomic E-state index is 0.999. The highest BCUT2D eigenvalue weighted by Crippen LogP contribution is 2.41. The van der Waals surface area contributed by atoms with Gasteiger partial charge in [-0.1, -0.05) is 55.1 Å². The molecular weight excluding hydrogens is 247 g/mol. The van der Waals surface area contributed by atoms with Gasteiger partial charge in [0.25, 0.3) is 0 Å². The molecule has 1 unspecified atom stereocenters. The molecular formula is C18H15P. The Kier molecular flexibility index (Phi) is 2.47. The number of hydrogen-bond donors (Lipinski definition) is 0. The third kappa shape index (κ3) is 1.64. The molecule has 1 aliphatic heterocycles. The van der Waals surface area contributed by atoms with Crippen LogP contribution in [0.2, 0.25) is 0 Å². The molecule has 0 N–H and O–H groups in total. The van der Waals surface area contributed by atoms with Crippen LogP contribution in [0.1, 0.15) is 22.3 Å². The lowest BCUT2D eigenvalue weighted by Gasteiger charge is -2.26. The fraction of sp³-hybridized carbons (Fsp3) is 0.111. The monoisotopic (exact) mass is 262 g/mol. The zero-order valence-electron chi connectivity index (χ0n) is 10.7.